The first-order valence-electron chi connectivity index (χ1n) is 9.25. The summed E-state index contributed by atoms with van der Waals surface area (Å²) in [6.45, 7) is 0.263. The topological polar surface area (TPSA) is 3.24 Å². The summed E-state index contributed by atoms with van der Waals surface area (Å²) < 4.78 is 0. The summed E-state index contributed by atoms with van der Waals surface area (Å²) in [4.78, 5) is 5.11. The Morgan fingerprint density at radius 3 is 2.11 bits per heavy atom. The van der Waals surface area contributed by atoms with Crippen LogP contribution in [0.3, 0.4) is 0 Å². The molecule has 4 aromatic rings. The molecule has 2 aliphatic rings. The second-order valence-electron chi connectivity index (χ2n) is 7.00. The van der Waals surface area contributed by atoms with Gasteiger partial charge in [-0.1, -0.05) is 90.0 Å². The summed E-state index contributed by atoms with van der Waals surface area (Å²) in [6, 6.07) is 35.2. The summed E-state index contributed by atoms with van der Waals surface area (Å²) in [7, 11) is 0. The number of para-hydroxylation sites is 3. The number of nitrogens with zero attached hydrogens (tertiary/aromatic N) is 1. The van der Waals surface area contributed by atoms with Crippen molar-refractivity contribution in [2.75, 3.05) is 4.90 Å². The molecular weight excluding hydrogens is 345 g/mol. The molecule has 0 aliphatic carbocycles. The van der Waals surface area contributed by atoms with E-state index in [-0.39, 0.29) is 6.71 Å². The van der Waals surface area contributed by atoms with Crippen molar-refractivity contribution in [3.8, 4) is 0 Å². The van der Waals surface area contributed by atoms with Gasteiger partial charge in [0.1, 0.15) is 0 Å². The molecule has 0 radical (unpaired) electrons. The van der Waals surface area contributed by atoms with Crippen LogP contribution < -0.4 is 21.3 Å². The minimum Gasteiger partial charge on any atom is -0.309 e. The zero-order valence-electron chi connectivity index (χ0n) is 14.7. The third-order valence-electron chi connectivity index (χ3n) is 5.51. The molecule has 2 heterocycles. The maximum Gasteiger partial charge on any atom is 0.246 e. The summed E-state index contributed by atoms with van der Waals surface area (Å²) in [5, 5.41) is 0. The van der Waals surface area contributed by atoms with Crippen LogP contribution in [0.5, 0.6) is 0 Å². The van der Waals surface area contributed by atoms with E-state index >= 15 is 0 Å². The normalized spacial score (nSPS) is 13.6. The highest BCUT2D eigenvalue weighted by Gasteiger charge is 2.38. The third-order valence-corrected chi connectivity index (χ3v) is 6.63. The van der Waals surface area contributed by atoms with E-state index in [0.717, 1.165) is 0 Å². The van der Waals surface area contributed by atoms with Crippen LogP contribution in [0.25, 0.3) is 0 Å². The molecule has 0 unspecified atom stereocenters. The molecule has 0 spiro atoms. The van der Waals surface area contributed by atoms with Crippen molar-refractivity contribution in [1.82, 2.24) is 0 Å². The third kappa shape index (κ3) is 2.15. The molecule has 0 fully saturated rings. The molecule has 1 nitrogen and oxygen atoms in total. The minimum absolute atomic E-state index is 0.263. The van der Waals surface area contributed by atoms with Crippen molar-refractivity contribution in [1.29, 1.82) is 0 Å². The van der Waals surface area contributed by atoms with Gasteiger partial charge in [-0.2, -0.15) is 0 Å². The van der Waals surface area contributed by atoms with Crippen LogP contribution in [-0.2, 0) is 0 Å². The second kappa shape index (κ2) is 5.80. The lowest BCUT2D eigenvalue weighted by atomic mass is 9.35. The van der Waals surface area contributed by atoms with Crippen LogP contribution in [0, 0.1) is 0 Å². The smallest absolute Gasteiger partial charge is 0.246 e. The Kier molecular flexibility index (Phi) is 3.26. The number of hydrogen-bond acceptors (Lipinski definition) is 2. The molecule has 4 aromatic carbocycles. The van der Waals surface area contributed by atoms with E-state index in [2.05, 4.69) is 102 Å². The molecule has 0 aromatic heterocycles. The fraction of sp³-hybridized carbons (Fsp3) is 0. The van der Waals surface area contributed by atoms with Crippen molar-refractivity contribution in [2.24, 2.45) is 0 Å². The number of fused-ring (bicyclic) bond motifs is 4. The summed E-state index contributed by atoms with van der Waals surface area (Å²) in [5.41, 5.74) is 8.02. The van der Waals surface area contributed by atoms with Crippen LogP contribution >= 0.6 is 11.8 Å². The summed E-state index contributed by atoms with van der Waals surface area (Å²) >= 11 is 1.88. The van der Waals surface area contributed by atoms with Crippen LogP contribution in [0.2, 0.25) is 0 Å². The van der Waals surface area contributed by atoms with E-state index < -0.39 is 0 Å². The maximum atomic E-state index is 2.46. The summed E-state index contributed by atoms with van der Waals surface area (Å²) in [6.07, 6.45) is 0. The Morgan fingerprint density at radius 2 is 1.22 bits per heavy atom. The van der Waals surface area contributed by atoms with Crippen molar-refractivity contribution in [3.05, 3.63) is 97.1 Å². The first kappa shape index (κ1) is 15.2. The standard InChI is InChI=1S/C24H16BNS/c1-2-9-17(10-3-1)25-18-11-4-5-13-20(18)26-21-14-6-7-15-22(21)27-23-16-8-12-19(25)24(23)26/h1-16H. The second-order valence-corrected chi connectivity index (χ2v) is 8.09. The number of hydrogen-bond donors (Lipinski definition) is 0. The van der Waals surface area contributed by atoms with Crippen molar-refractivity contribution in [3.63, 3.8) is 0 Å². The molecule has 27 heavy (non-hydrogen) atoms. The Balaban J connectivity index is 1.70. The van der Waals surface area contributed by atoms with Gasteiger partial charge in [0.25, 0.3) is 0 Å². The van der Waals surface area contributed by atoms with Crippen LogP contribution in [-0.4, -0.2) is 6.71 Å². The Labute approximate surface area is 163 Å². The first-order valence-corrected chi connectivity index (χ1v) is 10.1. The van der Waals surface area contributed by atoms with Crippen LogP contribution in [0.15, 0.2) is 107 Å². The fourth-order valence-electron chi connectivity index (χ4n) is 4.42. The molecule has 3 heteroatoms. The Bertz CT molecular complexity index is 1170. The zero-order chi connectivity index (χ0) is 17.8. The van der Waals surface area contributed by atoms with E-state index in [4.69, 9.17) is 0 Å². The Hall–Kier alpha value is -2.91. The van der Waals surface area contributed by atoms with Gasteiger partial charge in [-0.25, -0.2) is 0 Å². The van der Waals surface area contributed by atoms with Gasteiger partial charge in [0, 0.05) is 15.5 Å². The van der Waals surface area contributed by atoms with Crippen molar-refractivity contribution >= 4 is 51.9 Å². The lowest BCUT2D eigenvalue weighted by Crippen LogP contribution is -2.57. The average Bonchev–Trinajstić information content (AvgIpc) is 2.74. The van der Waals surface area contributed by atoms with E-state index in [0.29, 0.717) is 0 Å². The monoisotopic (exact) mass is 361 g/mol. The summed E-state index contributed by atoms with van der Waals surface area (Å²) in [5.74, 6) is 0. The van der Waals surface area contributed by atoms with Gasteiger partial charge in [-0.3, -0.25) is 0 Å². The predicted molar refractivity (Wildman–Crippen MR) is 116 cm³/mol. The van der Waals surface area contributed by atoms with Gasteiger partial charge in [0.15, 0.2) is 0 Å². The van der Waals surface area contributed by atoms with Gasteiger partial charge < -0.3 is 4.90 Å². The molecule has 0 saturated heterocycles. The van der Waals surface area contributed by atoms with Gasteiger partial charge in [-0.05, 0) is 35.2 Å². The Morgan fingerprint density at radius 1 is 0.556 bits per heavy atom. The zero-order valence-corrected chi connectivity index (χ0v) is 15.5. The first-order chi connectivity index (χ1) is 13.4. The van der Waals surface area contributed by atoms with Gasteiger partial charge in [0.2, 0.25) is 6.71 Å². The molecule has 0 atom stereocenters. The molecule has 6 rings (SSSR count). The maximum absolute atomic E-state index is 2.46. The van der Waals surface area contributed by atoms with E-state index in [1.165, 1.54) is 43.2 Å². The van der Waals surface area contributed by atoms with Crippen molar-refractivity contribution < 1.29 is 0 Å². The quantitative estimate of drug-likeness (QED) is 0.398. The van der Waals surface area contributed by atoms with E-state index in [1.54, 1.807) is 0 Å². The number of rotatable bonds is 1. The van der Waals surface area contributed by atoms with Crippen LogP contribution in [0.4, 0.5) is 17.1 Å². The number of anilines is 3. The largest absolute Gasteiger partial charge is 0.309 e. The molecule has 0 bridgehead atoms. The van der Waals surface area contributed by atoms with Gasteiger partial charge in [0.05, 0.1) is 11.4 Å². The van der Waals surface area contributed by atoms with Gasteiger partial charge in [-0.15, -0.1) is 0 Å². The van der Waals surface area contributed by atoms with Gasteiger partial charge >= 0.3 is 0 Å². The average molecular weight is 361 g/mol. The van der Waals surface area contributed by atoms with Crippen LogP contribution in [0.1, 0.15) is 0 Å². The van der Waals surface area contributed by atoms with E-state index in [1.807, 2.05) is 11.8 Å². The molecule has 2 aliphatic heterocycles. The molecule has 0 N–H and O–H groups in total. The molecular formula is C24H16BNS. The van der Waals surface area contributed by atoms with Crippen molar-refractivity contribution in [2.45, 2.75) is 9.79 Å². The highest BCUT2D eigenvalue weighted by molar-refractivity contribution is 7.99. The molecule has 0 saturated carbocycles. The minimum atomic E-state index is 0.263. The highest BCUT2D eigenvalue weighted by Crippen LogP contribution is 2.51. The predicted octanol–water partition coefficient (Wildman–Crippen LogP) is 4.45. The molecule has 126 valence electrons. The SMILES string of the molecule is c1ccc(B2c3ccccc3N3c4ccccc4Sc4cccc2c43)cc1. The van der Waals surface area contributed by atoms with E-state index in [9.17, 15) is 0 Å². The highest BCUT2D eigenvalue weighted by atomic mass is 32.2. The molecule has 0 amide bonds. The number of benzene rings is 4. The lowest BCUT2D eigenvalue weighted by Gasteiger charge is -2.41. The fourth-order valence-corrected chi connectivity index (χ4v) is 5.52. The lowest BCUT2D eigenvalue weighted by molar-refractivity contribution is 1.17.